The first-order valence-electron chi connectivity index (χ1n) is 15.6. The molecule has 0 aliphatic rings. The highest BCUT2D eigenvalue weighted by molar-refractivity contribution is 6.11. The molecule has 0 fully saturated rings. The summed E-state index contributed by atoms with van der Waals surface area (Å²) in [6, 6.07) is 10.4. The third-order valence-corrected chi connectivity index (χ3v) is 6.29. The zero-order chi connectivity index (χ0) is 36.1. The summed E-state index contributed by atoms with van der Waals surface area (Å²) in [6.07, 6.45) is -3.60. The Morgan fingerprint density at radius 2 is 1.12 bits per heavy atom. The van der Waals surface area contributed by atoms with Gasteiger partial charge in [-0.2, -0.15) is 4.90 Å². The molecule has 0 unspecified atom stereocenters. The number of aromatic nitrogens is 4. The zero-order valence-corrected chi connectivity index (χ0v) is 30.0. The molecule has 0 aliphatic carbocycles. The number of hydrogen-bond donors (Lipinski definition) is 0. The van der Waals surface area contributed by atoms with Crippen LogP contribution in [0.2, 0.25) is 0 Å². The first-order chi connectivity index (χ1) is 21.8. The van der Waals surface area contributed by atoms with Crippen molar-refractivity contribution < 1.29 is 38.1 Å². The fourth-order valence-corrected chi connectivity index (χ4v) is 4.71. The van der Waals surface area contributed by atoms with Gasteiger partial charge >= 0.3 is 24.4 Å². The maximum atomic E-state index is 13.8. The Balaban J connectivity index is 2.13. The molecule has 2 amide bonds. The van der Waals surface area contributed by atoms with Crippen LogP contribution in [-0.4, -0.2) is 65.9 Å². The van der Waals surface area contributed by atoms with Crippen LogP contribution >= 0.6 is 0 Å². The first kappa shape index (κ1) is 35.9. The monoisotopic (exact) mass is 663 g/mol. The predicted molar refractivity (Wildman–Crippen MR) is 181 cm³/mol. The van der Waals surface area contributed by atoms with Gasteiger partial charge in [0.1, 0.15) is 33.7 Å². The Kier molecular flexibility index (Phi) is 9.17. The lowest BCUT2D eigenvalue weighted by atomic mass is 10.1. The van der Waals surface area contributed by atoms with Crippen LogP contribution in [-0.2, 0) is 18.9 Å². The number of carbonyl (C=O) groups excluding carboxylic acids is 4. The average molecular weight is 664 g/mol. The fourth-order valence-electron chi connectivity index (χ4n) is 4.71. The standard InChI is InChI=1S/C35H45N5O8/c1-20-36-26-22(24-18-21-16-14-15-17-23(21)39(24)29(42)46-33(5,6)7)19-25(37-27(26)38(20)28(41)45-32(2,3)4)40(30(43)47-34(8,9)10)31(44)48-35(11,12)13/h14-19H,1-13H3. The van der Waals surface area contributed by atoms with Gasteiger partial charge in [-0.3, -0.25) is 0 Å². The summed E-state index contributed by atoms with van der Waals surface area (Å²) < 4.78 is 25.2. The molecule has 0 bridgehead atoms. The zero-order valence-electron chi connectivity index (χ0n) is 30.0. The number of imide groups is 1. The van der Waals surface area contributed by atoms with Gasteiger partial charge in [0.05, 0.1) is 11.2 Å². The summed E-state index contributed by atoms with van der Waals surface area (Å²) in [4.78, 5) is 64.8. The van der Waals surface area contributed by atoms with E-state index in [0.29, 0.717) is 21.5 Å². The van der Waals surface area contributed by atoms with Crippen molar-refractivity contribution in [2.45, 2.75) is 112 Å². The molecule has 4 rings (SSSR count). The van der Waals surface area contributed by atoms with Crippen LogP contribution in [0.25, 0.3) is 33.3 Å². The molecule has 0 aliphatic heterocycles. The van der Waals surface area contributed by atoms with Crippen molar-refractivity contribution in [2.75, 3.05) is 4.90 Å². The number of anilines is 1. The minimum absolute atomic E-state index is 0.0348. The van der Waals surface area contributed by atoms with Crippen LogP contribution in [0.3, 0.4) is 0 Å². The number of para-hydroxylation sites is 1. The summed E-state index contributed by atoms with van der Waals surface area (Å²) in [6.45, 7) is 21.9. The van der Waals surface area contributed by atoms with Gasteiger partial charge in [0.25, 0.3) is 0 Å². The van der Waals surface area contributed by atoms with Crippen molar-refractivity contribution in [1.82, 2.24) is 19.1 Å². The van der Waals surface area contributed by atoms with Gasteiger partial charge in [0.15, 0.2) is 11.5 Å². The molecule has 0 atom stereocenters. The molecule has 0 spiro atoms. The number of pyridine rings is 1. The van der Waals surface area contributed by atoms with Gasteiger partial charge in [-0.25, -0.2) is 38.3 Å². The third-order valence-electron chi connectivity index (χ3n) is 6.29. The highest BCUT2D eigenvalue weighted by Gasteiger charge is 2.36. The van der Waals surface area contributed by atoms with Gasteiger partial charge in [-0.1, -0.05) is 18.2 Å². The maximum Gasteiger partial charge on any atom is 0.425 e. The van der Waals surface area contributed by atoms with Crippen molar-refractivity contribution in [3.8, 4) is 11.3 Å². The molecule has 0 saturated heterocycles. The van der Waals surface area contributed by atoms with Crippen molar-refractivity contribution in [2.24, 2.45) is 0 Å². The Morgan fingerprint density at radius 1 is 0.646 bits per heavy atom. The number of hydrogen-bond acceptors (Lipinski definition) is 10. The molecule has 3 aromatic heterocycles. The molecule has 0 saturated carbocycles. The lowest BCUT2D eigenvalue weighted by Crippen LogP contribution is -2.44. The molecular formula is C35H45N5O8. The van der Waals surface area contributed by atoms with E-state index in [9.17, 15) is 19.2 Å². The summed E-state index contributed by atoms with van der Waals surface area (Å²) in [5.41, 5.74) is -2.44. The second-order valence-corrected chi connectivity index (χ2v) is 15.4. The molecule has 48 heavy (non-hydrogen) atoms. The van der Waals surface area contributed by atoms with Crippen molar-refractivity contribution in [1.29, 1.82) is 0 Å². The number of ether oxygens (including phenoxy) is 4. The molecule has 0 N–H and O–H groups in total. The first-order valence-corrected chi connectivity index (χ1v) is 15.6. The highest BCUT2D eigenvalue weighted by Crippen LogP contribution is 2.37. The van der Waals surface area contributed by atoms with Gasteiger partial charge in [0.2, 0.25) is 0 Å². The van der Waals surface area contributed by atoms with Gasteiger partial charge in [0, 0.05) is 10.9 Å². The van der Waals surface area contributed by atoms with Gasteiger partial charge in [-0.05, 0) is 108 Å². The Bertz CT molecular complexity index is 1880. The van der Waals surface area contributed by atoms with E-state index >= 15 is 0 Å². The van der Waals surface area contributed by atoms with E-state index in [1.807, 2.05) is 12.1 Å². The smallest absolute Gasteiger partial charge is 0.425 e. The van der Waals surface area contributed by atoms with Crippen molar-refractivity contribution >= 4 is 52.3 Å². The molecule has 0 radical (unpaired) electrons. The van der Waals surface area contributed by atoms with Crippen LogP contribution in [0.4, 0.5) is 25.0 Å². The molecule has 13 heteroatoms. The lowest BCUT2D eigenvalue weighted by Gasteiger charge is -2.28. The van der Waals surface area contributed by atoms with Gasteiger partial charge in [-0.15, -0.1) is 0 Å². The van der Waals surface area contributed by atoms with E-state index in [4.69, 9.17) is 18.9 Å². The SMILES string of the molecule is Cc1nc2c(-c3cc4ccccc4n3C(=O)OC(C)(C)C)cc(N(C(=O)OC(C)(C)C)C(=O)OC(C)(C)C)nc2n1C(=O)OC(C)(C)C. The van der Waals surface area contributed by atoms with Crippen LogP contribution in [0.15, 0.2) is 36.4 Å². The van der Waals surface area contributed by atoms with E-state index in [0.717, 1.165) is 4.57 Å². The van der Waals surface area contributed by atoms with E-state index in [1.165, 1.54) is 10.6 Å². The molecule has 1 aromatic carbocycles. The van der Waals surface area contributed by atoms with Crippen LogP contribution < -0.4 is 4.90 Å². The summed E-state index contributed by atoms with van der Waals surface area (Å²) in [7, 11) is 0. The Labute approximate surface area is 280 Å². The molecule has 4 aromatic rings. The van der Waals surface area contributed by atoms with Crippen molar-refractivity contribution in [3.63, 3.8) is 0 Å². The molecule has 13 nitrogen and oxygen atoms in total. The van der Waals surface area contributed by atoms with E-state index in [1.54, 1.807) is 108 Å². The Hall–Kier alpha value is -4.94. The fraction of sp³-hybridized carbons (Fsp3) is 0.486. The van der Waals surface area contributed by atoms with Crippen LogP contribution in [0, 0.1) is 6.92 Å². The van der Waals surface area contributed by atoms with E-state index in [-0.39, 0.29) is 28.4 Å². The number of imidazole rings is 1. The Morgan fingerprint density at radius 3 is 1.62 bits per heavy atom. The summed E-state index contributed by atoms with van der Waals surface area (Å²) >= 11 is 0. The van der Waals surface area contributed by atoms with Crippen molar-refractivity contribution in [3.05, 3.63) is 42.2 Å². The highest BCUT2D eigenvalue weighted by atomic mass is 16.6. The quantitative estimate of drug-likeness (QED) is 0.191. The number of fused-ring (bicyclic) bond motifs is 2. The number of amides is 2. The second kappa shape index (κ2) is 12.3. The number of nitrogens with zero attached hydrogens (tertiary/aromatic N) is 5. The van der Waals surface area contributed by atoms with E-state index in [2.05, 4.69) is 9.97 Å². The largest absolute Gasteiger partial charge is 0.443 e. The number of rotatable bonds is 2. The number of carbonyl (C=O) groups is 4. The third kappa shape index (κ3) is 8.12. The molecular weight excluding hydrogens is 618 g/mol. The molecule has 258 valence electrons. The number of aryl methyl sites for hydroxylation is 1. The normalized spacial score (nSPS) is 12.6. The average Bonchev–Trinajstić information content (AvgIpc) is 3.41. The molecule has 3 heterocycles. The minimum Gasteiger partial charge on any atom is -0.443 e. The summed E-state index contributed by atoms with van der Waals surface area (Å²) in [5.74, 6) is -0.0298. The van der Waals surface area contributed by atoms with E-state index < -0.39 is 46.8 Å². The topological polar surface area (TPSA) is 144 Å². The number of benzene rings is 1. The van der Waals surface area contributed by atoms with Crippen LogP contribution in [0.1, 0.15) is 88.9 Å². The predicted octanol–water partition coefficient (Wildman–Crippen LogP) is 8.60. The van der Waals surface area contributed by atoms with Gasteiger partial charge < -0.3 is 18.9 Å². The maximum absolute atomic E-state index is 13.8. The van der Waals surface area contributed by atoms with Crippen LogP contribution in [0.5, 0.6) is 0 Å². The minimum atomic E-state index is -1.07. The lowest BCUT2D eigenvalue weighted by molar-refractivity contribution is 0.0425. The summed E-state index contributed by atoms with van der Waals surface area (Å²) in [5, 5.41) is 0.698. The second-order valence-electron chi connectivity index (χ2n) is 15.4.